The van der Waals surface area contributed by atoms with Gasteiger partial charge in [0.05, 0.1) is 5.52 Å². The molecule has 36 heavy (non-hydrogen) atoms. The Morgan fingerprint density at radius 2 is 1.81 bits per heavy atom. The van der Waals surface area contributed by atoms with Crippen molar-refractivity contribution in [3.63, 3.8) is 0 Å². The smallest absolute Gasteiger partial charge is 0.251 e. The van der Waals surface area contributed by atoms with Crippen LogP contribution in [0.1, 0.15) is 16.7 Å². The minimum Gasteiger partial charge on any atom is -0.329 e. The van der Waals surface area contributed by atoms with Crippen LogP contribution in [0.4, 0.5) is 11.5 Å². The van der Waals surface area contributed by atoms with Crippen molar-refractivity contribution < 1.29 is 0 Å². The van der Waals surface area contributed by atoms with Gasteiger partial charge in [-0.1, -0.05) is 41.8 Å². The lowest BCUT2D eigenvalue weighted by Gasteiger charge is -2.21. The number of benzene rings is 3. The van der Waals surface area contributed by atoms with Crippen LogP contribution in [-0.2, 0) is 13.5 Å². The summed E-state index contributed by atoms with van der Waals surface area (Å²) in [7, 11) is 3.80. The number of rotatable bonds is 5. The quantitative estimate of drug-likeness (QED) is 0.261. The first kappa shape index (κ1) is 23.4. The van der Waals surface area contributed by atoms with Crippen molar-refractivity contribution in [2.24, 2.45) is 7.05 Å². The number of aryl methyl sites for hydroxylation is 1. The second-order valence-electron chi connectivity index (χ2n) is 8.73. The van der Waals surface area contributed by atoms with Crippen molar-refractivity contribution in [2.75, 3.05) is 11.9 Å². The summed E-state index contributed by atoms with van der Waals surface area (Å²) in [6, 6.07) is 27.4. The molecule has 0 N–H and O–H groups in total. The summed E-state index contributed by atoms with van der Waals surface area (Å²) >= 11 is 6.08. The Balaban J connectivity index is 1.59. The molecular weight excluding hydrogens is 466 g/mol. The number of halogens is 1. The average molecular weight is 490 g/mol. The van der Waals surface area contributed by atoms with E-state index >= 15 is 0 Å². The molecule has 0 saturated heterocycles. The number of pyridine rings is 2. The monoisotopic (exact) mass is 489 g/mol. The lowest BCUT2D eigenvalue weighted by atomic mass is 9.96. The van der Waals surface area contributed by atoms with Gasteiger partial charge < -0.3 is 9.47 Å². The van der Waals surface area contributed by atoms with E-state index in [1.165, 1.54) is 0 Å². The van der Waals surface area contributed by atoms with Gasteiger partial charge in [0.15, 0.2) is 0 Å². The van der Waals surface area contributed by atoms with E-state index in [9.17, 15) is 4.79 Å². The molecule has 0 amide bonds. The normalized spacial score (nSPS) is 10.8. The Kier molecular flexibility index (Phi) is 6.33. The summed E-state index contributed by atoms with van der Waals surface area (Å²) in [5.41, 5.74) is 6.61. The van der Waals surface area contributed by atoms with Gasteiger partial charge in [-0.2, -0.15) is 0 Å². The predicted molar refractivity (Wildman–Crippen MR) is 149 cm³/mol. The molecule has 3 aromatic carbocycles. The van der Waals surface area contributed by atoms with E-state index in [0.717, 1.165) is 50.2 Å². The Morgan fingerprint density at radius 1 is 1.00 bits per heavy atom. The second kappa shape index (κ2) is 9.73. The maximum absolute atomic E-state index is 12.7. The number of nitrogens with zero attached hydrogens (tertiary/aromatic N) is 3. The summed E-state index contributed by atoms with van der Waals surface area (Å²) in [6.07, 6.45) is 8.12. The summed E-state index contributed by atoms with van der Waals surface area (Å²) in [6.45, 7) is 0. The maximum atomic E-state index is 12.7. The van der Waals surface area contributed by atoms with E-state index in [0.29, 0.717) is 11.4 Å². The van der Waals surface area contributed by atoms with E-state index in [4.69, 9.17) is 18.0 Å². The van der Waals surface area contributed by atoms with Crippen LogP contribution in [0.3, 0.4) is 0 Å². The molecule has 0 aliphatic carbocycles. The molecule has 2 heterocycles. The van der Waals surface area contributed by atoms with Crippen molar-refractivity contribution in [1.29, 1.82) is 0 Å². The predicted octanol–water partition coefficient (Wildman–Crippen LogP) is 6.59. The molecule has 176 valence electrons. The highest BCUT2D eigenvalue weighted by Crippen LogP contribution is 2.31. The topological polar surface area (TPSA) is 38.1 Å². The fourth-order valence-electron chi connectivity index (χ4n) is 4.51. The minimum atomic E-state index is -0.0597. The van der Waals surface area contributed by atoms with Crippen LogP contribution in [0, 0.1) is 12.3 Å². The Labute approximate surface area is 215 Å². The number of hydrogen-bond acceptors (Lipinski definition) is 3. The van der Waals surface area contributed by atoms with Crippen molar-refractivity contribution in [2.45, 2.75) is 6.42 Å². The zero-order valence-electron chi connectivity index (χ0n) is 20.1. The SMILES string of the molecule is C#Cc1cccc(-c2cc(=O)n(C)c3ccc(Cc4cccnc4N(C)c4ccc(Cl)cc4)cc23)c1. The van der Waals surface area contributed by atoms with Gasteiger partial charge in [0.2, 0.25) is 0 Å². The first-order chi connectivity index (χ1) is 17.4. The standard InChI is InChI=1S/C31H24ClN3O/c1-4-21-7-5-8-23(17-21)27-20-30(36)35(3)29-15-10-22(19-28(27)29)18-24-9-6-16-33-31(24)34(2)26-13-11-25(32)12-14-26/h1,5-17,19-20H,18H2,2-3H3. The van der Waals surface area contributed by atoms with Gasteiger partial charge >= 0.3 is 0 Å². The van der Waals surface area contributed by atoms with Crippen molar-refractivity contribution in [3.8, 4) is 23.5 Å². The van der Waals surface area contributed by atoms with Gasteiger partial charge in [-0.15, -0.1) is 6.42 Å². The van der Waals surface area contributed by atoms with Crippen LogP contribution >= 0.6 is 11.6 Å². The van der Waals surface area contributed by atoms with Gasteiger partial charge in [-0.3, -0.25) is 4.79 Å². The Hall–Kier alpha value is -4.33. The first-order valence-corrected chi connectivity index (χ1v) is 12.0. The maximum Gasteiger partial charge on any atom is 0.251 e. The molecule has 4 nitrogen and oxygen atoms in total. The summed E-state index contributed by atoms with van der Waals surface area (Å²) < 4.78 is 1.68. The summed E-state index contributed by atoms with van der Waals surface area (Å²) in [5.74, 6) is 3.56. The average Bonchev–Trinajstić information content (AvgIpc) is 2.91. The Bertz CT molecular complexity index is 1680. The van der Waals surface area contributed by atoms with Gasteiger partial charge in [0, 0.05) is 54.4 Å². The van der Waals surface area contributed by atoms with Crippen LogP contribution in [-0.4, -0.2) is 16.6 Å². The first-order valence-electron chi connectivity index (χ1n) is 11.6. The fourth-order valence-corrected chi connectivity index (χ4v) is 4.64. The van der Waals surface area contributed by atoms with Crippen molar-refractivity contribution in [3.05, 3.63) is 123 Å². The minimum absolute atomic E-state index is 0.0597. The van der Waals surface area contributed by atoms with E-state index in [1.54, 1.807) is 23.9 Å². The van der Waals surface area contributed by atoms with Gasteiger partial charge in [-0.25, -0.2) is 4.98 Å². The van der Waals surface area contributed by atoms with Crippen LogP contribution < -0.4 is 10.5 Å². The van der Waals surface area contributed by atoms with Gasteiger partial charge in [-0.05, 0) is 76.9 Å². The number of aromatic nitrogens is 2. The highest BCUT2D eigenvalue weighted by Gasteiger charge is 2.14. The zero-order valence-corrected chi connectivity index (χ0v) is 20.8. The lowest BCUT2D eigenvalue weighted by Crippen LogP contribution is -2.16. The lowest BCUT2D eigenvalue weighted by molar-refractivity contribution is 0.906. The molecule has 0 fully saturated rings. The van der Waals surface area contributed by atoms with Crippen LogP contribution in [0.5, 0.6) is 0 Å². The molecule has 0 aliphatic heterocycles. The molecule has 0 atom stereocenters. The molecule has 0 spiro atoms. The number of anilines is 2. The molecule has 5 rings (SSSR count). The summed E-state index contributed by atoms with van der Waals surface area (Å²) in [4.78, 5) is 19.5. The Morgan fingerprint density at radius 3 is 2.58 bits per heavy atom. The molecule has 2 aromatic heterocycles. The van der Waals surface area contributed by atoms with E-state index in [-0.39, 0.29) is 5.56 Å². The molecule has 0 saturated carbocycles. The molecule has 0 bridgehead atoms. The van der Waals surface area contributed by atoms with Gasteiger partial charge in [0.1, 0.15) is 5.82 Å². The number of hydrogen-bond donors (Lipinski definition) is 0. The molecule has 5 aromatic rings. The van der Waals surface area contributed by atoms with Crippen molar-refractivity contribution in [1.82, 2.24) is 9.55 Å². The van der Waals surface area contributed by atoms with E-state index in [1.807, 2.05) is 67.7 Å². The number of fused-ring (bicyclic) bond motifs is 1. The van der Waals surface area contributed by atoms with Crippen LogP contribution in [0.15, 0.2) is 95.9 Å². The second-order valence-corrected chi connectivity index (χ2v) is 9.17. The van der Waals surface area contributed by atoms with Gasteiger partial charge in [0.25, 0.3) is 5.56 Å². The molecule has 0 unspecified atom stereocenters. The third kappa shape index (κ3) is 4.49. The molecule has 0 aliphatic rings. The molecule has 0 radical (unpaired) electrons. The zero-order chi connectivity index (χ0) is 25.2. The van der Waals surface area contributed by atoms with Crippen molar-refractivity contribution >= 4 is 34.0 Å². The summed E-state index contributed by atoms with van der Waals surface area (Å²) in [5, 5.41) is 1.70. The molecular formula is C31H24ClN3O. The number of terminal acetylenes is 1. The van der Waals surface area contributed by atoms with Crippen LogP contribution in [0.2, 0.25) is 5.02 Å². The van der Waals surface area contributed by atoms with Crippen LogP contribution in [0.25, 0.3) is 22.0 Å². The highest BCUT2D eigenvalue weighted by atomic mass is 35.5. The van der Waals surface area contributed by atoms with E-state index < -0.39 is 0 Å². The van der Waals surface area contributed by atoms with E-state index in [2.05, 4.69) is 34.0 Å². The highest BCUT2D eigenvalue weighted by molar-refractivity contribution is 6.30. The third-order valence-corrected chi connectivity index (χ3v) is 6.70. The third-order valence-electron chi connectivity index (χ3n) is 6.44. The molecule has 5 heteroatoms. The largest absolute Gasteiger partial charge is 0.329 e. The fraction of sp³-hybridized carbons (Fsp3) is 0.0968.